The van der Waals surface area contributed by atoms with Crippen LogP contribution in [0.1, 0.15) is 0 Å². The minimum atomic E-state index is -0.699. The van der Waals surface area contributed by atoms with Crippen molar-refractivity contribution < 1.29 is 4.79 Å². The molecule has 0 aliphatic rings. The molecule has 0 fully saturated rings. The van der Waals surface area contributed by atoms with Crippen LogP contribution in [-0.2, 0) is 0 Å². The first kappa shape index (κ1) is 4.90. The van der Waals surface area contributed by atoms with E-state index in [1.807, 2.05) is 0 Å². The molecule has 1 aromatic rings. The highest BCUT2D eigenvalue weighted by molar-refractivity contribution is 5.73. The molecule has 0 spiro atoms. The number of nitrogens with one attached hydrogen (secondary N) is 1. The summed E-state index contributed by atoms with van der Waals surface area (Å²) in [7, 11) is 0. The van der Waals surface area contributed by atoms with E-state index in [-0.39, 0.29) is 0 Å². The molecule has 0 aromatic carbocycles. The predicted octanol–water partition coefficient (Wildman–Crippen LogP) is 0.739. The zero-order valence-corrected chi connectivity index (χ0v) is 4.16. The molecule has 1 rings (SSSR count). The average Bonchev–Trinajstić information content (AvgIpc) is 2.12. The van der Waals surface area contributed by atoms with E-state index in [9.17, 15) is 4.79 Å². The molecule has 0 aliphatic heterocycles. The van der Waals surface area contributed by atoms with Crippen LogP contribution in [0.15, 0.2) is 24.5 Å². The SMILES string of the molecule is [NH]C(=O)n1cccc1. The Kier molecular flexibility index (Phi) is 1.04. The van der Waals surface area contributed by atoms with Gasteiger partial charge in [0.15, 0.2) is 0 Å². The Morgan fingerprint density at radius 3 is 2.12 bits per heavy atom. The number of carbonyl (C=O) groups excluding carboxylic acids is 1. The highest BCUT2D eigenvalue weighted by Crippen LogP contribution is 1.86. The highest BCUT2D eigenvalue weighted by atomic mass is 16.2. The van der Waals surface area contributed by atoms with Crippen LogP contribution in [0, 0.1) is 0 Å². The lowest BCUT2D eigenvalue weighted by Gasteiger charge is -1.87. The van der Waals surface area contributed by atoms with Crippen molar-refractivity contribution in [2.75, 3.05) is 0 Å². The van der Waals surface area contributed by atoms with Gasteiger partial charge in [0.1, 0.15) is 0 Å². The summed E-state index contributed by atoms with van der Waals surface area (Å²) in [5.74, 6) is 0. The van der Waals surface area contributed by atoms with Gasteiger partial charge in [-0.15, -0.1) is 0 Å². The van der Waals surface area contributed by atoms with Crippen molar-refractivity contribution in [3.63, 3.8) is 0 Å². The van der Waals surface area contributed by atoms with Crippen LogP contribution in [0.4, 0.5) is 4.79 Å². The zero-order valence-electron chi connectivity index (χ0n) is 4.16. The van der Waals surface area contributed by atoms with Crippen molar-refractivity contribution in [3.8, 4) is 0 Å². The lowest BCUT2D eigenvalue weighted by Crippen LogP contribution is -2.05. The number of amides is 1. The third-order valence-corrected chi connectivity index (χ3v) is 0.839. The molecule has 41 valence electrons. The second kappa shape index (κ2) is 1.69. The van der Waals surface area contributed by atoms with Crippen molar-refractivity contribution in [1.82, 2.24) is 10.3 Å². The molecule has 0 atom stereocenters. The third-order valence-electron chi connectivity index (χ3n) is 0.839. The van der Waals surface area contributed by atoms with E-state index in [1.54, 1.807) is 12.1 Å². The summed E-state index contributed by atoms with van der Waals surface area (Å²) in [6.45, 7) is 0. The molecule has 0 aliphatic carbocycles. The molecule has 8 heavy (non-hydrogen) atoms. The monoisotopic (exact) mass is 109 g/mol. The Labute approximate surface area is 46.7 Å². The first-order chi connectivity index (χ1) is 3.80. The molecule has 1 aromatic heterocycles. The number of nitrogens with zero attached hydrogens (tertiary/aromatic N) is 1. The van der Waals surface area contributed by atoms with Crippen LogP contribution in [-0.4, -0.2) is 10.6 Å². The van der Waals surface area contributed by atoms with Gasteiger partial charge in [-0.25, -0.2) is 10.5 Å². The van der Waals surface area contributed by atoms with Crippen LogP contribution in [0.2, 0.25) is 0 Å². The zero-order chi connectivity index (χ0) is 5.98. The molecule has 1 amide bonds. The fraction of sp³-hybridized carbons (Fsp3) is 0. The Hall–Kier alpha value is -1.25. The quantitative estimate of drug-likeness (QED) is 0.484. The van der Waals surface area contributed by atoms with Gasteiger partial charge in [0.05, 0.1) is 0 Å². The summed E-state index contributed by atoms with van der Waals surface area (Å²) < 4.78 is 1.19. The number of aromatic nitrogens is 1. The minimum absolute atomic E-state index is 0.699. The fourth-order valence-corrected chi connectivity index (χ4v) is 0.470. The van der Waals surface area contributed by atoms with Gasteiger partial charge in [-0.05, 0) is 12.1 Å². The van der Waals surface area contributed by atoms with Crippen LogP contribution >= 0.6 is 0 Å². The largest absolute Gasteiger partial charge is 0.344 e. The smallest absolute Gasteiger partial charge is 0.275 e. The van der Waals surface area contributed by atoms with Gasteiger partial charge in [0.2, 0.25) is 0 Å². The Morgan fingerprint density at radius 2 is 1.88 bits per heavy atom. The van der Waals surface area contributed by atoms with Crippen LogP contribution in [0.5, 0.6) is 0 Å². The van der Waals surface area contributed by atoms with E-state index in [4.69, 9.17) is 5.73 Å². The summed E-state index contributed by atoms with van der Waals surface area (Å²) in [5.41, 5.74) is 6.56. The van der Waals surface area contributed by atoms with Crippen molar-refractivity contribution in [2.45, 2.75) is 0 Å². The molecule has 3 heteroatoms. The predicted molar refractivity (Wildman–Crippen MR) is 28.3 cm³/mol. The molecular formula is C5H5N2O. The topological polar surface area (TPSA) is 45.8 Å². The van der Waals surface area contributed by atoms with E-state index in [0.29, 0.717) is 0 Å². The first-order valence-corrected chi connectivity index (χ1v) is 2.19. The second-order valence-corrected chi connectivity index (χ2v) is 1.40. The normalized spacial score (nSPS) is 9.00. The number of hydrogen-bond donors (Lipinski definition) is 0. The molecule has 3 nitrogen and oxygen atoms in total. The van der Waals surface area contributed by atoms with Crippen molar-refractivity contribution in [2.24, 2.45) is 0 Å². The van der Waals surface area contributed by atoms with E-state index < -0.39 is 6.03 Å². The summed E-state index contributed by atoms with van der Waals surface area (Å²) in [4.78, 5) is 10.1. The Balaban J connectivity index is 2.93. The molecule has 0 bridgehead atoms. The van der Waals surface area contributed by atoms with Gasteiger partial charge in [-0.2, -0.15) is 0 Å². The Bertz CT molecular complexity index is 178. The van der Waals surface area contributed by atoms with E-state index in [1.165, 1.54) is 17.0 Å². The van der Waals surface area contributed by atoms with Crippen LogP contribution in [0.25, 0.3) is 0 Å². The van der Waals surface area contributed by atoms with Gasteiger partial charge in [0.25, 0.3) is 0 Å². The molecular weight excluding hydrogens is 104 g/mol. The molecule has 1 radical (unpaired) electrons. The van der Waals surface area contributed by atoms with Gasteiger partial charge in [-0.3, -0.25) is 4.57 Å². The molecule has 1 N–H and O–H groups in total. The molecule has 0 saturated heterocycles. The van der Waals surface area contributed by atoms with Crippen molar-refractivity contribution in [3.05, 3.63) is 24.5 Å². The van der Waals surface area contributed by atoms with E-state index in [2.05, 4.69) is 0 Å². The maximum absolute atomic E-state index is 10.1. The van der Waals surface area contributed by atoms with Crippen molar-refractivity contribution >= 4 is 6.03 Å². The summed E-state index contributed by atoms with van der Waals surface area (Å²) in [5, 5.41) is 0. The standard InChI is InChI=1S/C5H5N2O/c6-5(8)7-3-1-2-4-7/h1-4,6H. The summed E-state index contributed by atoms with van der Waals surface area (Å²) >= 11 is 0. The number of rotatable bonds is 0. The van der Waals surface area contributed by atoms with Gasteiger partial charge < -0.3 is 0 Å². The lowest BCUT2D eigenvalue weighted by molar-refractivity contribution is 0.249. The average molecular weight is 109 g/mol. The van der Waals surface area contributed by atoms with Gasteiger partial charge in [0, 0.05) is 12.4 Å². The maximum Gasteiger partial charge on any atom is 0.344 e. The molecule has 1 heterocycles. The third kappa shape index (κ3) is 0.703. The maximum atomic E-state index is 10.1. The van der Waals surface area contributed by atoms with E-state index in [0.717, 1.165) is 0 Å². The van der Waals surface area contributed by atoms with Crippen LogP contribution < -0.4 is 5.73 Å². The molecule has 0 unspecified atom stereocenters. The van der Waals surface area contributed by atoms with Crippen molar-refractivity contribution in [1.29, 1.82) is 0 Å². The minimum Gasteiger partial charge on any atom is -0.275 e. The second-order valence-electron chi connectivity index (χ2n) is 1.40. The summed E-state index contributed by atoms with van der Waals surface area (Å²) in [6, 6.07) is 2.70. The fourth-order valence-electron chi connectivity index (χ4n) is 0.470. The highest BCUT2D eigenvalue weighted by Gasteiger charge is 1.91. The Morgan fingerprint density at radius 1 is 1.38 bits per heavy atom. The first-order valence-electron chi connectivity index (χ1n) is 2.19. The van der Waals surface area contributed by atoms with Gasteiger partial charge in [-0.1, -0.05) is 0 Å². The van der Waals surface area contributed by atoms with Crippen LogP contribution in [0.3, 0.4) is 0 Å². The summed E-state index contributed by atoms with van der Waals surface area (Å²) in [6.07, 6.45) is 3.07. The number of hydrogen-bond acceptors (Lipinski definition) is 1. The van der Waals surface area contributed by atoms with E-state index >= 15 is 0 Å². The lowest BCUT2D eigenvalue weighted by atomic mass is 10.7. The van der Waals surface area contributed by atoms with Gasteiger partial charge >= 0.3 is 6.03 Å². The molecule has 0 saturated carbocycles. The number of carbonyl (C=O) groups is 1.